The van der Waals surface area contributed by atoms with Crippen molar-refractivity contribution in [1.82, 2.24) is 9.88 Å². The van der Waals surface area contributed by atoms with Crippen LogP contribution in [-0.2, 0) is 6.54 Å². The molecule has 2 unspecified atom stereocenters. The Morgan fingerprint density at radius 2 is 2.15 bits per heavy atom. The molecule has 1 aliphatic rings. The maximum atomic E-state index is 4.09. The van der Waals surface area contributed by atoms with Crippen molar-refractivity contribution in [1.29, 1.82) is 0 Å². The van der Waals surface area contributed by atoms with E-state index in [1.807, 2.05) is 11.7 Å². The number of aromatic nitrogens is 1. The maximum Gasteiger partial charge on any atom is 0.0794 e. The smallest absolute Gasteiger partial charge is 0.0794 e. The molecule has 72 valence electrons. The van der Waals surface area contributed by atoms with Crippen LogP contribution in [0.25, 0.3) is 0 Å². The zero-order chi connectivity index (χ0) is 9.26. The summed E-state index contributed by atoms with van der Waals surface area (Å²) < 4.78 is 0. The molecule has 1 saturated heterocycles. The van der Waals surface area contributed by atoms with Crippen molar-refractivity contribution >= 4 is 11.3 Å². The largest absolute Gasteiger partial charge is 0.298 e. The summed E-state index contributed by atoms with van der Waals surface area (Å²) in [6, 6.07) is 0. The molecular formula is C10H16N2S. The predicted molar refractivity (Wildman–Crippen MR) is 55.7 cm³/mol. The van der Waals surface area contributed by atoms with Crippen molar-refractivity contribution in [2.45, 2.75) is 20.4 Å². The van der Waals surface area contributed by atoms with Gasteiger partial charge in [0.1, 0.15) is 0 Å². The van der Waals surface area contributed by atoms with Crippen LogP contribution in [0.3, 0.4) is 0 Å². The topological polar surface area (TPSA) is 16.1 Å². The zero-order valence-corrected chi connectivity index (χ0v) is 9.05. The van der Waals surface area contributed by atoms with Crippen LogP contribution in [0.5, 0.6) is 0 Å². The van der Waals surface area contributed by atoms with E-state index in [0.717, 1.165) is 18.4 Å². The second-order valence-electron chi connectivity index (χ2n) is 4.12. The van der Waals surface area contributed by atoms with Gasteiger partial charge in [0.2, 0.25) is 0 Å². The van der Waals surface area contributed by atoms with Gasteiger partial charge in [-0.15, -0.1) is 11.3 Å². The number of rotatable bonds is 2. The Kier molecular flexibility index (Phi) is 2.65. The van der Waals surface area contributed by atoms with Gasteiger partial charge < -0.3 is 0 Å². The Hall–Kier alpha value is -0.410. The summed E-state index contributed by atoms with van der Waals surface area (Å²) in [5.41, 5.74) is 1.91. The average molecular weight is 196 g/mol. The first-order valence-electron chi connectivity index (χ1n) is 4.85. The highest BCUT2D eigenvalue weighted by molar-refractivity contribution is 7.09. The fourth-order valence-corrected chi connectivity index (χ4v) is 2.55. The van der Waals surface area contributed by atoms with Crippen molar-refractivity contribution in [2.24, 2.45) is 11.8 Å². The fraction of sp³-hybridized carbons (Fsp3) is 0.700. The molecule has 1 aliphatic heterocycles. The summed E-state index contributed by atoms with van der Waals surface area (Å²) in [6.45, 7) is 8.28. The molecule has 1 aromatic rings. The highest BCUT2D eigenvalue weighted by atomic mass is 32.1. The molecule has 0 amide bonds. The summed E-state index contributed by atoms with van der Waals surface area (Å²) in [4.78, 5) is 8.01. The summed E-state index contributed by atoms with van der Waals surface area (Å²) in [5, 5.41) is 0. The van der Waals surface area contributed by atoms with E-state index in [1.165, 1.54) is 18.0 Å². The summed E-state index contributed by atoms with van der Waals surface area (Å²) in [6.07, 6.45) is 1.98. The van der Waals surface area contributed by atoms with Gasteiger partial charge in [0.05, 0.1) is 5.51 Å². The van der Waals surface area contributed by atoms with Gasteiger partial charge in [-0.1, -0.05) is 13.8 Å². The standard InChI is InChI=1S/C10H16N2S/c1-8-4-12(5-9(8)2)6-10-3-11-7-13-10/h3,7-9H,4-6H2,1-2H3. The Labute approximate surface area is 83.6 Å². The van der Waals surface area contributed by atoms with Gasteiger partial charge in [0.15, 0.2) is 0 Å². The van der Waals surface area contributed by atoms with Crippen molar-refractivity contribution in [3.05, 3.63) is 16.6 Å². The zero-order valence-electron chi connectivity index (χ0n) is 8.23. The molecule has 3 heteroatoms. The van der Waals surface area contributed by atoms with E-state index in [-0.39, 0.29) is 0 Å². The second kappa shape index (κ2) is 3.76. The molecule has 1 fully saturated rings. The minimum absolute atomic E-state index is 0.855. The minimum atomic E-state index is 0.855. The summed E-state index contributed by atoms with van der Waals surface area (Å²) in [7, 11) is 0. The molecule has 1 aromatic heterocycles. The van der Waals surface area contributed by atoms with Gasteiger partial charge in [0.25, 0.3) is 0 Å². The Morgan fingerprint density at radius 1 is 1.46 bits per heavy atom. The molecule has 2 nitrogen and oxygen atoms in total. The highest BCUT2D eigenvalue weighted by Crippen LogP contribution is 2.24. The quantitative estimate of drug-likeness (QED) is 0.721. The van der Waals surface area contributed by atoms with Crippen molar-refractivity contribution in [2.75, 3.05) is 13.1 Å². The van der Waals surface area contributed by atoms with Crippen LogP contribution in [0.1, 0.15) is 18.7 Å². The average Bonchev–Trinajstić information content (AvgIpc) is 2.64. The molecule has 0 saturated carbocycles. The van der Waals surface area contributed by atoms with Gasteiger partial charge in [-0.3, -0.25) is 9.88 Å². The van der Waals surface area contributed by atoms with E-state index in [4.69, 9.17) is 0 Å². The predicted octanol–water partition coefficient (Wildman–Crippen LogP) is 2.23. The molecule has 0 N–H and O–H groups in total. The van der Waals surface area contributed by atoms with Crippen LogP contribution >= 0.6 is 11.3 Å². The van der Waals surface area contributed by atoms with Crippen molar-refractivity contribution in [3.8, 4) is 0 Å². The Bertz CT molecular complexity index is 248. The first-order chi connectivity index (χ1) is 6.25. The molecule has 0 spiro atoms. The van der Waals surface area contributed by atoms with Crippen LogP contribution in [0.4, 0.5) is 0 Å². The Balaban J connectivity index is 1.91. The number of thiazole rings is 1. The molecule has 0 bridgehead atoms. The lowest BCUT2D eigenvalue weighted by atomic mass is 10.0. The molecule has 2 rings (SSSR count). The lowest BCUT2D eigenvalue weighted by molar-refractivity contribution is 0.319. The fourth-order valence-electron chi connectivity index (χ4n) is 1.92. The summed E-state index contributed by atoms with van der Waals surface area (Å²) >= 11 is 1.76. The third kappa shape index (κ3) is 2.09. The van der Waals surface area contributed by atoms with Gasteiger partial charge in [-0.05, 0) is 11.8 Å². The van der Waals surface area contributed by atoms with E-state index in [9.17, 15) is 0 Å². The second-order valence-corrected chi connectivity index (χ2v) is 5.09. The van der Waals surface area contributed by atoms with E-state index in [0.29, 0.717) is 0 Å². The number of hydrogen-bond acceptors (Lipinski definition) is 3. The maximum absolute atomic E-state index is 4.09. The van der Waals surface area contributed by atoms with Gasteiger partial charge in [-0.25, -0.2) is 0 Å². The van der Waals surface area contributed by atoms with Crippen molar-refractivity contribution < 1.29 is 0 Å². The van der Waals surface area contributed by atoms with E-state index in [1.54, 1.807) is 11.3 Å². The van der Waals surface area contributed by atoms with E-state index < -0.39 is 0 Å². The number of likely N-dealkylation sites (tertiary alicyclic amines) is 1. The number of nitrogens with zero attached hydrogens (tertiary/aromatic N) is 2. The normalized spacial score (nSPS) is 29.7. The van der Waals surface area contributed by atoms with Crippen LogP contribution in [0.15, 0.2) is 11.7 Å². The third-order valence-electron chi connectivity index (χ3n) is 2.93. The molecule has 2 heterocycles. The van der Waals surface area contributed by atoms with Gasteiger partial charge in [-0.2, -0.15) is 0 Å². The van der Waals surface area contributed by atoms with Crippen LogP contribution in [-0.4, -0.2) is 23.0 Å². The Morgan fingerprint density at radius 3 is 2.69 bits per heavy atom. The number of hydrogen-bond donors (Lipinski definition) is 0. The van der Waals surface area contributed by atoms with E-state index >= 15 is 0 Å². The summed E-state index contributed by atoms with van der Waals surface area (Å²) in [5.74, 6) is 1.71. The highest BCUT2D eigenvalue weighted by Gasteiger charge is 2.25. The molecular weight excluding hydrogens is 180 g/mol. The lowest BCUT2D eigenvalue weighted by Crippen LogP contribution is -2.19. The lowest BCUT2D eigenvalue weighted by Gasteiger charge is -2.12. The molecule has 0 aromatic carbocycles. The van der Waals surface area contributed by atoms with Gasteiger partial charge >= 0.3 is 0 Å². The van der Waals surface area contributed by atoms with Gasteiger partial charge in [0, 0.05) is 30.7 Å². The van der Waals surface area contributed by atoms with Crippen LogP contribution in [0, 0.1) is 11.8 Å². The van der Waals surface area contributed by atoms with Crippen LogP contribution < -0.4 is 0 Å². The van der Waals surface area contributed by atoms with Crippen molar-refractivity contribution in [3.63, 3.8) is 0 Å². The molecule has 0 aliphatic carbocycles. The van der Waals surface area contributed by atoms with Crippen LogP contribution in [0.2, 0.25) is 0 Å². The minimum Gasteiger partial charge on any atom is -0.298 e. The molecule has 0 radical (unpaired) electrons. The third-order valence-corrected chi connectivity index (χ3v) is 3.69. The first kappa shape index (κ1) is 9.16. The monoisotopic (exact) mass is 196 g/mol. The first-order valence-corrected chi connectivity index (χ1v) is 5.73. The SMILES string of the molecule is CC1CN(Cc2cncs2)CC1C. The van der Waals surface area contributed by atoms with E-state index in [2.05, 4.69) is 23.7 Å². The molecule has 2 atom stereocenters. The molecule has 13 heavy (non-hydrogen) atoms.